The second kappa shape index (κ2) is 6.51. The number of nitrogens with one attached hydrogen (secondary N) is 1. The number of rotatable bonds is 4. The number of thiocarbonyl (C=S) groups is 1. The number of nitrogens with zero attached hydrogens (tertiary/aromatic N) is 2. The maximum Gasteiger partial charge on any atom is 0.414 e. The largest absolute Gasteiger partial charge is 0.442 e. The van der Waals surface area contributed by atoms with Crippen LogP contribution in [-0.2, 0) is 4.74 Å². The van der Waals surface area contributed by atoms with Gasteiger partial charge in [-0.2, -0.15) is 5.26 Å². The molecule has 26 heavy (non-hydrogen) atoms. The summed E-state index contributed by atoms with van der Waals surface area (Å²) in [6.07, 6.45) is 0.989. The minimum Gasteiger partial charge on any atom is -0.442 e. The summed E-state index contributed by atoms with van der Waals surface area (Å²) in [6.45, 7) is 2.58. The number of cyclic esters (lactones) is 1. The van der Waals surface area contributed by atoms with Gasteiger partial charge in [-0.05, 0) is 55.2 Å². The highest BCUT2D eigenvalue weighted by molar-refractivity contribution is 7.80. The first-order valence-electron chi connectivity index (χ1n) is 8.89. The average Bonchev–Trinajstić information content (AvgIpc) is 2.93. The Balaban J connectivity index is 1.43. The fourth-order valence-corrected chi connectivity index (χ4v) is 4.48. The Hall–Kier alpha value is -2.20. The van der Waals surface area contributed by atoms with Crippen molar-refractivity contribution < 1.29 is 13.9 Å². The molecule has 1 aliphatic heterocycles. The van der Waals surface area contributed by atoms with Gasteiger partial charge in [0.1, 0.15) is 11.9 Å². The van der Waals surface area contributed by atoms with E-state index < -0.39 is 6.09 Å². The molecule has 1 heterocycles. The molecule has 5 nitrogen and oxygen atoms in total. The van der Waals surface area contributed by atoms with Gasteiger partial charge in [0.05, 0.1) is 35.8 Å². The van der Waals surface area contributed by atoms with Crippen LogP contribution in [0.25, 0.3) is 0 Å². The molecule has 1 amide bonds. The number of halogens is 1. The molecular weight excluding hydrogens is 353 g/mol. The number of hydrogen-bond acceptors (Lipinski definition) is 4. The number of fused-ring (bicyclic) bond motifs is 1. The van der Waals surface area contributed by atoms with Gasteiger partial charge in [-0.25, -0.2) is 9.18 Å². The molecule has 3 fully saturated rings. The average molecular weight is 373 g/mol. The van der Waals surface area contributed by atoms with E-state index in [9.17, 15) is 9.18 Å². The smallest absolute Gasteiger partial charge is 0.414 e. The van der Waals surface area contributed by atoms with E-state index in [0.29, 0.717) is 41.2 Å². The molecule has 2 unspecified atom stereocenters. The molecule has 1 saturated heterocycles. The normalized spacial score (nSPS) is 32.0. The second-order valence-corrected chi connectivity index (χ2v) is 8.02. The summed E-state index contributed by atoms with van der Waals surface area (Å²) >= 11 is 4.96. The molecule has 5 atom stereocenters. The van der Waals surface area contributed by atoms with Crippen LogP contribution in [0.5, 0.6) is 0 Å². The predicted octanol–water partition coefficient (Wildman–Crippen LogP) is 3.35. The Morgan fingerprint density at radius 1 is 1.46 bits per heavy atom. The van der Waals surface area contributed by atoms with Gasteiger partial charge in [0.2, 0.25) is 0 Å². The minimum absolute atomic E-state index is 0.175. The lowest BCUT2D eigenvalue weighted by Gasteiger charge is -2.18. The van der Waals surface area contributed by atoms with E-state index in [4.69, 9.17) is 22.2 Å². The van der Waals surface area contributed by atoms with Gasteiger partial charge in [0.25, 0.3) is 0 Å². The topological polar surface area (TPSA) is 65.4 Å². The van der Waals surface area contributed by atoms with Gasteiger partial charge >= 0.3 is 6.09 Å². The number of hydrogen-bond donors (Lipinski definition) is 1. The molecule has 0 spiro atoms. The zero-order valence-electron chi connectivity index (χ0n) is 14.4. The highest BCUT2D eigenvalue weighted by Crippen LogP contribution is 2.62. The quantitative estimate of drug-likeness (QED) is 0.820. The molecule has 0 bridgehead atoms. The van der Waals surface area contributed by atoms with Crippen molar-refractivity contribution in [3.8, 4) is 6.07 Å². The van der Waals surface area contributed by atoms with Gasteiger partial charge in [0.15, 0.2) is 0 Å². The van der Waals surface area contributed by atoms with Gasteiger partial charge in [-0.3, -0.25) is 4.90 Å². The van der Waals surface area contributed by atoms with Crippen LogP contribution in [0.3, 0.4) is 0 Å². The monoisotopic (exact) mass is 373 g/mol. The van der Waals surface area contributed by atoms with Crippen molar-refractivity contribution in [2.45, 2.75) is 31.8 Å². The van der Waals surface area contributed by atoms with E-state index >= 15 is 0 Å². The van der Waals surface area contributed by atoms with E-state index in [1.165, 1.54) is 11.0 Å². The molecule has 4 rings (SSSR count). The number of carbonyl (C=O) groups is 1. The zero-order valence-corrected chi connectivity index (χ0v) is 15.3. The molecule has 1 aromatic rings. The molecule has 136 valence electrons. The number of benzene rings is 1. The molecule has 7 heteroatoms. The lowest BCUT2D eigenvalue weighted by molar-refractivity contribution is 0.143. The van der Waals surface area contributed by atoms with Crippen LogP contribution in [0, 0.1) is 34.9 Å². The summed E-state index contributed by atoms with van der Waals surface area (Å²) in [4.78, 5) is 14.2. The van der Waals surface area contributed by atoms with Crippen molar-refractivity contribution in [3.63, 3.8) is 0 Å². The third-order valence-corrected chi connectivity index (χ3v) is 5.93. The van der Waals surface area contributed by atoms with Crippen molar-refractivity contribution in [1.82, 2.24) is 5.32 Å². The summed E-state index contributed by atoms with van der Waals surface area (Å²) in [7, 11) is 0. The van der Waals surface area contributed by atoms with Crippen LogP contribution < -0.4 is 10.2 Å². The minimum atomic E-state index is -0.468. The number of amides is 1. The van der Waals surface area contributed by atoms with Crippen LogP contribution in [-0.4, -0.2) is 30.3 Å². The number of carbonyl (C=O) groups excluding carboxylic acids is 1. The highest BCUT2D eigenvalue weighted by atomic mass is 32.1. The van der Waals surface area contributed by atoms with Gasteiger partial charge in [-0.15, -0.1) is 0 Å². The third kappa shape index (κ3) is 3.03. The zero-order chi connectivity index (χ0) is 18.4. The number of nitriles is 1. The maximum atomic E-state index is 14.7. The Bertz CT molecular complexity index is 796. The maximum absolute atomic E-state index is 14.7. The molecule has 0 radical (unpaired) electrons. The Morgan fingerprint density at radius 2 is 2.19 bits per heavy atom. The van der Waals surface area contributed by atoms with Crippen LogP contribution in [0.1, 0.15) is 31.2 Å². The molecule has 2 aliphatic carbocycles. The van der Waals surface area contributed by atoms with Crippen molar-refractivity contribution in [2.75, 3.05) is 18.0 Å². The summed E-state index contributed by atoms with van der Waals surface area (Å²) in [5, 5.41) is 12.0. The molecule has 1 N–H and O–H groups in total. The number of anilines is 1. The van der Waals surface area contributed by atoms with Gasteiger partial charge in [-0.1, -0.05) is 18.3 Å². The van der Waals surface area contributed by atoms with Crippen molar-refractivity contribution in [1.29, 1.82) is 5.26 Å². The molecular formula is C19H20FN3O2S. The van der Waals surface area contributed by atoms with Crippen LogP contribution >= 0.6 is 12.2 Å². The Kier molecular flexibility index (Phi) is 4.31. The third-order valence-electron chi connectivity index (χ3n) is 5.78. The van der Waals surface area contributed by atoms with Gasteiger partial charge in [0, 0.05) is 0 Å². The Labute approximate surface area is 157 Å². The Morgan fingerprint density at radius 3 is 2.81 bits per heavy atom. The molecule has 2 saturated carbocycles. The summed E-state index contributed by atoms with van der Waals surface area (Å²) in [6, 6.07) is 7.32. The molecule has 0 aromatic heterocycles. The first kappa shape index (κ1) is 17.2. The molecule has 1 aromatic carbocycles. The standard InChI is InChI=1S/C19H20FN3O2S/c1-10(26)22-8-13-9-23(19(24)25-13)12-2-3-14(18(20)6-12)11-4-15-16(5-11)17(15)7-21/h2-3,6,11,13,15-17H,4-5,8-9H2,1H3,(H,22,26)/t11?,13-,15-,16+,17?/m0/s1. The SMILES string of the molecule is CC(=S)NC[C@H]1CN(c2ccc(C3C[C@@H]4C(C#N)[C@@H]4C3)c(F)c2)C(=O)O1. The fourth-order valence-electron chi connectivity index (χ4n) is 4.40. The summed E-state index contributed by atoms with van der Waals surface area (Å²) in [5.74, 6) is 0.948. The van der Waals surface area contributed by atoms with E-state index in [2.05, 4.69) is 11.4 Å². The van der Waals surface area contributed by atoms with Crippen molar-refractivity contribution >= 4 is 29.0 Å². The predicted molar refractivity (Wildman–Crippen MR) is 98.3 cm³/mol. The van der Waals surface area contributed by atoms with Crippen LogP contribution in [0.2, 0.25) is 0 Å². The fraction of sp³-hybridized carbons (Fsp3) is 0.526. The number of ether oxygens (including phenoxy) is 1. The van der Waals surface area contributed by atoms with Crippen molar-refractivity contribution in [2.24, 2.45) is 17.8 Å². The van der Waals surface area contributed by atoms with Gasteiger partial charge < -0.3 is 10.1 Å². The van der Waals surface area contributed by atoms with Crippen molar-refractivity contribution in [3.05, 3.63) is 29.6 Å². The van der Waals surface area contributed by atoms with E-state index in [1.54, 1.807) is 19.1 Å². The van der Waals surface area contributed by atoms with E-state index in [-0.39, 0.29) is 23.8 Å². The first-order chi connectivity index (χ1) is 12.5. The first-order valence-corrected chi connectivity index (χ1v) is 9.30. The summed E-state index contributed by atoms with van der Waals surface area (Å²) < 4.78 is 20.0. The second-order valence-electron chi connectivity index (χ2n) is 7.41. The van der Waals surface area contributed by atoms with E-state index in [0.717, 1.165) is 12.8 Å². The van der Waals surface area contributed by atoms with E-state index in [1.807, 2.05) is 0 Å². The highest BCUT2D eigenvalue weighted by Gasteiger charge is 2.56. The lowest BCUT2D eigenvalue weighted by Crippen LogP contribution is -2.32. The summed E-state index contributed by atoms with van der Waals surface area (Å²) in [5.41, 5.74) is 1.20. The van der Waals surface area contributed by atoms with Crippen LogP contribution in [0.15, 0.2) is 18.2 Å². The lowest BCUT2D eigenvalue weighted by atomic mass is 9.92. The van der Waals surface area contributed by atoms with Crippen LogP contribution in [0.4, 0.5) is 14.9 Å². The molecule has 3 aliphatic rings.